The molecule has 5 nitrogen and oxygen atoms in total. The molecule has 170 valence electrons. The molecule has 1 atom stereocenters. The molecule has 0 bridgehead atoms. The Morgan fingerprint density at radius 3 is 2.25 bits per heavy atom. The molecule has 0 unspecified atom stereocenters. The van der Waals surface area contributed by atoms with E-state index >= 15 is 0 Å². The van der Waals surface area contributed by atoms with E-state index in [1.165, 1.54) is 18.1 Å². The molecule has 2 aromatic rings. The number of carbonyl (C=O) groups excluding carboxylic acids is 2. The Morgan fingerprint density at radius 2 is 1.56 bits per heavy atom. The lowest BCUT2D eigenvalue weighted by molar-refractivity contribution is -0.138. The Labute approximate surface area is 191 Å². The Kier molecular flexibility index (Phi) is 7.59. The molecule has 2 aromatic carbocycles. The third kappa shape index (κ3) is 5.98. The van der Waals surface area contributed by atoms with Gasteiger partial charge in [0, 0.05) is 38.2 Å². The number of benzene rings is 2. The molecule has 2 amide bonds. The predicted molar refractivity (Wildman–Crippen MR) is 128 cm³/mol. The Balaban J connectivity index is 1.30. The minimum Gasteiger partial charge on any atom is -0.338 e. The average molecular weight is 434 g/mol. The van der Waals surface area contributed by atoms with Gasteiger partial charge in [0.05, 0.1) is 0 Å². The summed E-state index contributed by atoms with van der Waals surface area (Å²) in [6.45, 7) is 6.16. The van der Waals surface area contributed by atoms with Crippen molar-refractivity contribution in [2.24, 2.45) is 11.8 Å². The third-order valence-electron chi connectivity index (χ3n) is 6.92. The summed E-state index contributed by atoms with van der Waals surface area (Å²) < 4.78 is 0. The number of amides is 2. The number of nitrogens with zero attached hydrogens (tertiary/aromatic N) is 2. The van der Waals surface area contributed by atoms with Gasteiger partial charge in [0.2, 0.25) is 11.8 Å². The molecule has 2 fully saturated rings. The molecule has 0 aromatic heterocycles. The number of nitrogens with one attached hydrogen (secondary N) is 1. The monoisotopic (exact) mass is 433 g/mol. The van der Waals surface area contributed by atoms with Crippen LogP contribution < -0.4 is 5.32 Å². The van der Waals surface area contributed by atoms with E-state index in [1.54, 1.807) is 0 Å². The molecule has 2 aliphatic rings. The van der Waals surface area contributed by atoms with E-state index in [1.807, 2.05) is 18.2 Å². The van der Waals surface area contributed by atoms with Crippen LogP contribution >= 0.6 is 0 Å². The zero-order valence-electron chi connectivity index (χ0n) is 19.1. The Hall–Kier alpha value is -2.66. The largest absolute Gasteiger partial charge is 0.338 e. The maximum absolute atomic E-state index is 13.4. The van der Waals surface area contributed by atoms with Gasteiger partial charge >= 0.3 is 0 Å². The van der Waals surface area contributed by atoms with Crippen molar-refractivity contribution in [3.8, 4) is 0 Å². The fourth-order valence-electron chi connectivity index (χ4n) is 5.20. The summed E-state index contributed by atoms with van der Waals surface area (Å²) in [4.78, 5) is 29.2. The summed E-state index contributed by atoms with van der Waals surface area (Å²) in [5, 5.41) is 2.82. The van der Waals surface area contributed by atoms with Gasteiger partial charge in [0.25, 0.3) is 0 Å². The van der Waals surface area contributed by atoms with E-state index in [-0.39, 0.29) is 11.8 Å². The first kappa shape index (κ1) is 22.5. The van der Waals surface area contributed by atoms with Crippen LogP contribution in [0.2, 0.25) is 0 Å². The predicted octanol–water partition coefficient (Wildman–Crippen LogP) is 4.69. The lowest BCUT2D eigenvalue weighted by Gasteiger charge is -2.36. The zero-order valence-corrected chi connectivity index (χ0v) is 19.1. The zero-order chi connectivity index (χ0) is 22.3. The number of piperidine rings is 1. The van der Waals surface area contributed by atoms with Gasteiger partial charge in [-0.05, 0) is 68.0 Å². The molecule has 2 heterocycles. The number of carbonyl (C=O) groups is 2. The number of anilines is 1. The maximum Gasteiger partial charge on any atom is 0.226 e. The van der Waals surface area contributed by atoms with Crippen molar-refractivity contribution in [1.82, 2.24) is 9.80 Å². The first-order valence-corrected chi connectivity index (χ1v) is 12.0. The molecular weight excluding hydrogens is 398 g/mol. The molecule has 5 heteroatoms. The quantitative estimate of drug-likeness (QED) is 0.719. The summed E-state index contributed by atoms with van der Waals surface area (Å²) in [5.41, 5.74) is 3.32. The Bertz CT molecular complexity index is 889. The van der Waals surface area contributed by atoms with Crippen LogP contribution in [0.5, 0.6) is 0 Å². The van der Waals surface area contributed by atoms with Crippen LogP contribution in [0.4, 0.5) is 5.69 Å². The highest BCUT2D eigenvalue weighted by Gasteiger charge is 2.35. The summed E-state index contributed by atoms with van der Waals surface area (Å²) in [5.74, 6) is 1.01. The second kappa shape index (κ2) is 10.8. The third-order valence-corrected chi connectivity index (χ3v) is 6.92. The topological polar surface area (TPSA) is 52.7 Å². The summed E-state index contributed by atoms with van der Waals surface area (Å²) in [6.07, 6.45) is 5.50. The van der Waals surface area contributed by atoms with Crippen molar-refractivity contribution in [3.05, 3.63) is 65.7 Å². The fourth-order valence-corrected chi connectivity index (χ4v) is 5.20. The highest BCUT2D eigenvalue weighted by molar-refractivity contribution is 5.88. The first-order chi connectivity index (χ1) is 15.6. The number of likely N-dealkylation sites (tertiary alicyclic amines) is 2. The van der Waals surface area contributed by atoms with Gasteiger partial charge in [0.1, 0.15) is 0 Å². The molecule has 4 rings (SSSR count). The van der Waals surface area contributed by atoms with Crippen molar-refractivity contribution >= 4 is 17.5 Å². The highest BCUT2D eigenvalue weighted by atomic mass is 16.2. The van der Waals surface area contributed by atoms with Crippen molar-refractivity contribution in [3.63, 3.8) is 0 Å². The lowest BCUT2D eigenvalue weighted by Crippen LogP contribution is -2.42. The molecule has 2 aliphatic heterocycles. The van der Waals surface area contributed by atoms with Crippen LogP contribution in [0.1, 0.15) is 50.2 Å². The van der Waals surface area contributed by atoms with Crippen LogP contribution in [0.15, 0.2) is 54.6 Å². The normalized spacial score (nSPS) is 20.7. The average Bonchev–Trinajstić information content (AvgIpc) is 2.98. The summed E-state index contributed by atoms with van der Waals surface area (Å²) in [6, 6.07) is 18.5. The number of hydrogen-bond donors (Lipinski definition) is 1. The van der Waals surface area contributed by atoms with E-state index in [9.17, 15) is 9.59 Å². The van der Waals surface area contributed by atoms with Crippen molar-refractivity contribution < 1.29 is 9.59 Å². The van der Waals surface area contributed by atoms with Gasteiger partial charge in [0.15, 0.2) is 0 Å². The SMILES string of the molecule is CC(=O)Nc1ccc(CN2CCC([C@H]3CCCCN(Cc4ccccc4)C3=O)CC2)cc1. The highest BCUT2D eigenvalue weighted by Crippen LogP contribution is 2.33. The van der Waals surface area contributed by atoms with Crippen LogP contribution in [0.25, 0.3) is 0 Å². The van der Waals surface area contributed by atoms with Gasteiger partial charge in [-0.1, -0.05) is 48.9 Å². The molecule has 32 heavy (non-hydrogen) atoms. The van der Waals surface area contributed by atoms with Gasteiger partial charge in [-0.3, -0.25) is 14.5 Å². The smallest absolute Gasteiger partial charge is 0.226 e. The second-order valence-corrected chi connectivity index (χ2v) is 9.34. The van der Waals surface area contributed by atoms with Gasteiger partial charge in [-0.25, -0.2) is 0 Å². The molecule has 0 radical (unpaired) electrons. The first-order valence-electron chi connectivity index (χ1n) is 12.0. The van der Waals surface area contributed by atoms with Crippen molar-refractivity contribution in [2.45, 2.75) is 52.1 Å². The minimum atomic E-state index is -0.0461. The molecule has 0 spiro atoms. The molecule has 1 N–H and O–H groups in total. The number of hydrogen-bond acceptors (Lipinski definition) is 3. The standard InChI is InChI=1S/C27H35N3O2/c1-21(31)28-25-12-10-23(11-13-25)19-29-17-14-24(15-18-29)26-9-5-6-16-30(27(26)32)20-22-7-3-2-4-8-22/h2-4,7-8,10-13,24,26H,5-6,9,14-20H2,1H3,(H,28,31)/t26-/m1/s1. The molecule has 0 saturated carbocycles. The maximum atomic E-state index is 13.4. The van der Waals surface area contributed by atoms with Crippen LogP contribution in [0.3, 0.4) is 0 Å². The lowest BCUT2D eigenvalue weighted by atomic mass is 9.81. The fraction of sp³-hybridized carbons (Fsp3) is 0.481. The van der Waals surface area contributed by atoms with Gasteiger partial charge in [-0.2, -0.15) is 0 Å². The summed E-state index contributed by atoms with van der Waals surface area (Å²) in [7, 11) is 0. The van der Waals surface area contributed by atoms with E-state index in [0.29, 0.717) is 11.8 Å². The van der Waals surface area contributed by atoms with Crippen LogP contribution in [-0.4, -0.2) is 41.2 Å². The van der Waals surface area contributed by atoms with Crippen molar-refractivity contribution in [2.75, 3.05) is 25.0 Å². The van der Waals surface area contributed by atoms with Crippen LogP contribution in [0, 0.1) is 11.8 Å². The van der Waals surface area contributed by atoms with Crippen molar-refractivity contribution in [1.29, 1.82) is 0 Å². The van der Waals surface area contributed by atoms with Gasteiger partial charge in [-0.15, -0.1) is 0 Å². The van der Waals surface area contributed by atoms with E-state index < -0.39 is 0 Å². The van der Waals surface area contributed by atoms with Gasteiger partial charge < -0.3 is 10.2 Å². The molecule has 0 aliphatic carbocycles. The minimum absolute atomic E-state index is 0.0461. The van der Waals surface area contributed by atoms with Crippen LogP contribution in [-0.2, 0) is 22.7 Å². The summed E-state index contributed by atoms with van der Waals surface area (Å²) >= 11 is 0. The van der Waals surface area contributed by atoms with E-state index in [0.717, 1.165) is 70.5 Å². The molecule has 2 saturated heterocycles. The number of rotatable bonds is 6. The van der Waals surface area contributed by atoms with E-state index in [2.05, 4.69) is 51.5 Å². The van der Waals surface area contributed by atoms with E-state index in [4.69, 9.17) is 0 Å². The second-order valence-electron chi connectivity index (χ2n) is 9.34. The molecular formula is C27H35N3O2. The Morgan fingerprint density at radius 1 is 0.875 bits per heavy atom.